The van der Waals surface area contributed by atoms with Gasteiger partial charge in [-0.25, -0.2) is 4.79 Å². The molecule has 0 aromatic rings. The first-order valence-corrected chi connectivity index (χ1v) is 4.16. The van der Waals surface area contributed by atoms with E-state index < -0.39 is 12.1 Å². The predicted molar refractivity (Wildman–Crippen MR) is 48.3 cm³/mol. The summed E-state index contributed by atoms with van der Waals surface area (Å²) in [5.74, 6) is -0.249. The Labute approximate surface area is 77.8 Å². The third-order valence-electron chi connectivity index (χ3n) is 1.32. The zero-order valence-corrected chi connectivity index (χ0v) is 8.38. The first-order valence-electron chi connectivity index (χ1n) is 4.16. The van der Waals surface area contributed by atoms with Crippen LogP contribution in [0.15, 0.2) is 0 Å². The van der Waals surface area contributed by atoms with Gasteiger partial charge in [-0.15, -0.1) is 0 Å². The number of hydrogen-bond donors (Lipinski definition) is 2. The van der Waals surface area contributed by atoms with Crippen LogP contribution in [-0.4, -0.2) is 31.2 Å². The van der Waals surface area contributed by atoms with Crippen LogP contribution in [0.5, 0.6) is 0 Å². The second-order valence-corrected chi connectivity index (χ2v) is 2.93. The van der Waals surface area contributed by atoms with Crippen molar-refractivity contribution in [2.75, 3.05) is 7.05 Å². The summed E-state index contributed by atoms with van der Waals surface area (Å²) in [6.45, 7) is 5.06. The summed E-state index contributed by atoms with van der Waals surface area (Å²) < 4.78 is 4.79. The topological polar surface area (TPSA) is 67.4 Å². The van der Waals surface area contributed by atoms with Crippen molar-refractivity contribution in [3.05, 3.63) is 0 Å². The minimum absolute atomic E-state index is 0.183. The van der Waals surface area contributed by atoms with Gasteiger partial charge in [-0.05, 0) is 20.8 Å². The van der Waals surface area contributed by atoms with Gasteiger partial charge in [0.1, 0.15) is 6.04 Å². The molecule has 0 aliphatic carbocycles. The summed E-state index contributed by atoms with van der Waals surface area (Å²) in [6.07, 6.45) is -0.761. The van der Waals surface area contributed by atoms with Crippen molar-refractivity contribution in [3.63, 3.8) is 0 Å². The molecule has 1 unspecified atom stereocenters. The summed E-state index contributed by atoms with van der Waals surface area (Å²) in [5, 5.41) is 4.80. The van der Waals surface area contributed by atoms with Crippen LogP contribution in [0.2, 0.25) is 0 Å². The first-order chi connectivity index (χ1) is 5.97. The van der Waals surface area contributed by atoms with Crippen LogP contribution >= 0.6 is 0 Å². The second-order valence-electron chi connectivity index (χ2n) is 2.93. The molecular weight excluding hydrogens is 172 g/mol. The van der Waals surface area contributed by atoms with E-state index in [1.54, 1.807) is 20.8 Å². The van der Waals surface area contributed by atoms with Gasteiger partial charge >= 0.3 is 6.09 Å². The standard InChI is InChI=1S/C8H16N2O3/c1-5(2)13-8(12)10-6(3)7(11)9-4/h5-6H,1-4H3,(H,9,11)(H,10,12). The monoisotopic (exact) mass is 188 g/mol. The van der Waals surface area contributed by atoms with Gasteiger partial charge in [0, 0.05) is 7.05 Å². The lowest BCUT2D eigenvalue weighted by atomic mass is 10.3. The number of nitrogens with one attached hydrogen (secondary N) is 2. The third kappa shape index (κ3) is 5.05. The average molecular weight is 188 g/mol. The Balaban J connectivity index is 3.85. The molecule has 2 N–H and O–H groups in total. The fraction of sp³-hybridized carbons (Fsp3) is 0.750. The molecule has 0 saturated carbocycles. The maximum absolute atomic E-state index is 11.0. The molecule has 1 atom stereocenters. The smallest absolute Gasteiger partial charge is 0.408 e. The maximum atomic E-state index is 11.0. The van der Waals surface area contributed by atoms with E-state index in [0.717, 1.165) is 0 Å². The second kappa shape index (κ2) is 5.40. The highest BCUT2D eigenvalue weighted by molar-refractivity contribution is 5.84. The molecule has 0 aromatic heterocycles. The molecule has 0 fully saturated rings. The largest absolute Gasteiger partial charge is 0.447 e. The number of carbonyl (C=O) groups excluding carboxylic acids is 2. The molecule has 13 heavy (non-hydrogen) atoms. The Morgan fingerprint density at radius 3 is 2.15 bits per heavy atom. The van der Waals surface area contributed by atoms with Crippen LogP contribution in [0.4, 0.5) is 4.79 Å². The third-order valence-corrected chi connectivity index (χ3v) is 1.32. The molecule has 5 nitrogen and oxygen atoms in total. The van der Waals surface area contributed by atoms with Crippen LogP contribution in [0.1, 0.15) is 20.8 Å². The molecule has 0 rings (SSSR count). The molecule has 0 aliphatic heterocycles. The molecule has 76 valence electrons. The van der Waals surface area contributed by atoms with E-state index in [9.17, 15) is 9.59 Å². The van der Waals surface area contributed by atoms with E-state index in [4.69, 9.17) is 4.74 Å². The van der Waals surface area contributed by atoms with Gasteiger partial charge in [-0.2, -0.15) is 0 Å². The van der Waals surface area contributed by atoms with Crippen molar-refractivity contribution in [3.8, 4) is 0 Å². The lowest BCUT2D eigenvalue weighted by molar-refractivity contribution is -0.122. The molecule has 5 heteroatoms. The number of alkyl carbamates (subject to hydrolysis) is 1. The predicted octanol–water partition coefficient (Wildman–Crippen LogP) is 0.255. The van der Waals surface area contributed by atoms with Gasteiger partial charge in [0.2, 0.25) is 5.91 Å². The van der Waals surface area contributed by atoms with E-state index in [1.807, 2.05) is 0 Å². The zero-order valence-electron chi connectivity index (χ0n) is 8.38. The van der Waals surface area contributed by atoms with Gasteiger partial charge in [0.25, 0.3) is 0 Å². The van der Waals surface area contributed by atoms with Crippen LogP contribution in [-0.2, 0) is 9.53 Å². The van der Waals surface area contributed by atoms with Gasteiger partial charge in [-0.3, -0.25) is 4.79 Å². The van der Waals surface area contributed by atoms with Crippen molar-refractivity contribution in [1.29, 1.82) is 0 Å². The van der Waals surface area contributed by atoms with Crippen LogP contribution in [0, 0.1) is 0 Å². The van der Waals surface area contributed by atoms with Gasteiger partial charge in [-0.1, -0.05) is 0 Å². The van der Waals surface area contributed by atoms with Crippen molar-refractivity contribution in [1.82, 2.24) is 10.6 Å². The van der Waals surface area contributed by atoms with E-state index in [2.05, 4.69) is 10.6 Å². The van der Waals surface area contributed by atoms with Crippen molar-refractivity contribution < 1.29 is 14.3 Å². The number of ether oxygens (including phenoxy) is 1. The molecule has 0 heterocycles. The van der Waals surface area contributed by atoms with Crippen LogP contribution < -0.4 is 10.6 Å². The Morgan fingerprint density at radius 2 is 1.77 bits per heavy atom. The molecule has 0 aromatic carbocycles. The number of carbonyl (C=O) groups is 2. The fourth-order valence-electron chi connectivity index (χ4n) is 0.707. The lowest BCUT2D eigenvalue weighted by Crippen LogP contribution is -2.44. The molecule has 2 amide bonds. The maximum Gasteiger partial charge on any atom is 0.408 e. The fourth-order valence-corrected chi connectivity index (χ4v) is 0.707. The summed E-state index contributed by atoms with van der Waals surface area (Å²) in [6, 6.07) is -0.573. The van der Waals surface area contributed by atoms with Gasteiger partial charge in [0.15, 0.2) is 0 Å². The molecule has 0 radical (unpaired) electrons. The van der Waals surface area contributed by atoms with E-state index in [0.29, 0.717) is 0 Å². The number of amides is 2. The number of hydrogen-bond acceptors (Lipinski definition) is 3. The summed E-state index contributed by atoms with van der Waals surface area (Å²) in [5.41, 5.74) is 0. The van der Waals surface area contributed by atoms with Crippen molar-refractivity contribution >= 4 is 12.0 Å². The quantitative estimate of drug-likeness (QED) is 0.667. The molecule has 0 bridgehead atoms. The number of rotatable bonds is 3. The highest BCUT2D eigenvalue weighted by Crippen LogP contribution is 1.90. The van der Waals surface area contributed by atoms with Crippen LogP contribution in [0.25, 0.3) is 0 Å². The Kier molecular flexibility index (Phi) is 4.87. The zero-order chi connectivity index (χ0) is 10.4. The summed E-state index contributed by atoms with van der Waals surface area (Å²) in [7, 11) is 1.51. The first kappa shape index (κ1) is 11.7. The average Bonchev–Trinajstić information content (AvgIpc) is 2.01. The van der Waals surface area contributed by atoms with E-state index in [1.165, 1.54) is 7.05 Å². The Morgan fingerprint density at radius 1 is 1.23 bits per heavy atom. The van der Waals surface area contributed by atoms with Crippen molar-refractivity contribution in [2.45, 2.75) is 32.9 Å². The van der Waals surface area contributed by atoms with E-state index in [-0.39, 0.29) is 12.0 Å². The Bertz CT molecular complexity index is 192. The normalized spacial score (nSPS) is 12.1. The minimum Gasteiger partial charge on any atom is -0.447 e. The number of likely N-dealkylation sites (N-methyl/N-ethyl adjacent to an activating group) is 1. The highest BCUT2D eigenvalue weighted by atomic mass is 16.6. The Hall–Kier alpha value is -1.26. The van der Waals surface area contributed by atoms with Crippen molar-refractivity contribution in [2.24, 2.45) is 0 Å². The molecule has 0 aliphatic rings. The summed E-state index contributed by atoms with van der Waals surface area (Å²) in [4.78, 5) is 21.9. The van der Waals surface area contributed by atoms with Gasteiger partial charge in [0.05, 0.1) is 6.10 Å². The molecule has 0 spiro atoms. The molecule has 0 saturated heterocycles. The minimum atomic E-state index is -0.578. The van der Waals surface area contributed by atoms with Gasteiger partial charge < -0.3 is 15.4 Å². The highest BCUT2D eigenvalue weighted by Gasteiger charge is 2.14. The van der Waals surface area contributed by atoms with E-state index >= 15 is 0 Å². The molecular formula is C8H16N2O3. The van der Waals surface area contributed by atoms with Crippen LogP contribution in [0.3, 0.4) is 0 Å². The summed E-state index contributed by atoms with van der Waals surface area (Å²) >= 11 is 0. The SMILES string of the molecule is CNC(=O)C(C)NC(=O)OC(C)C. The lowest BCUT2D eigenvalue weighted by Gasteiger charge is -2.13.